The molecule has 124 valence electrons. The van der Waals surface area contributed by atoms with E-state index in [1.54, 1.807) is 6.08 Å². The normalized spacial score (nSPS) is 11.3. The third-order valence-electron chi connectivity index (χ3n) is 2.93. The quantitative estimate of drug-likeness (QED) is 0.643. The SMILES string of the molecule is O=C(C=Cc1ccccc1)NC(=S)Nc1ccc(C(F)(F)F)cc1. The van der Waals surface area contributed by atoms with Crippen molar-refractivity contribution in [2.45, 2.75) is 6.18 Å². The van der Waals surface area contributed by atoms with Gasteiger partial charge < -0.3 is 5.32 Å². The van der Waals surface area contributed by atoms with E-state index >= 15 is 0 Å². The highest BCUT2D eigenvalue weighted by molar-refractivity contribution is 7.80. The zero-order valence-corrected chi connectivity index (χ0v) is 13.1. The molecule has 0 heterocycles. The predicted octanol–water partition coefficient (Wildman–Crippen LogP) is 4.23. The van der Waals surface area contributed by atoms with Crippen LogP contribution in [0.3, 0.4) is 0 Å². The molecule has 0 aliphatic carbocycles. The first-order valence-corrected chi connectivity index (χ1v) is 7.28. The first-order valence-electron chi connectivity index (χ1n) is 6.87. The van der Waals surface area contributed by atoms with E-state index in [-0.39, 0.29) is 5.11 Å². The third-order valence-corrected chi connectivity index (χ3v) is 3.14. The highest BCUT2D eigenvalue weighted by Crippen LogP contribution is 2.29. The molecular formula is C17H13F3N2OS. The van der Waals surface area contributed by atoms with E-state index in [1.807, 2.05) is 30.3 Å². The van der Waals surface area contributed by atoms with Gasteiger partial charge in [0.25, 0.3) is 0 Å². The molecule has 2 aromatic rings. The number of nitrogens with one attached hydrogen (secondary N) is 2. The molecule has 0 fully saturated rings. The molecular weight excluding hydrogens is 337 g/mol. The minimum absolute atomic E-state index is 0.00234. The monoisotopic (exact) mass is 350 g/mol. The van der Waals surface area contributed by atoms with Crippen molar-refractivity contribution in [3.8, 4) is 0 Å². The van der Waals surface area contributed by atoms with Crippen LogP contribution in [0.15, 0.2) is 60.7 Å². The molecule has 1 amide bonds. The second-order valence-electron chi connectivity index (χ2n) is 4.76. The summed E-state index contributed by atoms with van der Waals surface area (Å²) in [6, 6.07) is 13.6. The number of rotatable bonds is 3. The molecule has 7 heteroatoms. The van der Waals surface area contributed by atoms with Crippen molar-refractivity contribution in [1.29, 1.82) is 0 Å². The highest BCUT2D eigenvalue weighted by Gasteiger charge is 2.29. The summed E-state index contributed by atoms with van der Waals surface area (Å²) in [5.41, 5.74) is 0.448. The molecule has 0 aliphatic rings. The Morgan fingerprint density at radius 3 is 2.21 bits per heavy atom. The molecule has 0 spiro atoms. The molecule has 0 bridgehead atoms. The summed E-state index contributed by atoms with van der Waals surface area (Å²) < 4.78 is 37.4. The van der Waals surface area contributed by atoms with Crippen molar-refractivity contribution < 1.29 is 18.0 Å². The summed E-state index contributed by atoms with van der Waals surface area (Å²) in [6.45, 7) is 0. The number of amides is 1. The molecule has 2 aromatic carbocycles. The Kier molecular flexibility index (Phi) is 5.70. The Labute approximate surface area is 142 Å². The first kappa shape index (κ1) is 17.7. The highest BCUT2D eigenvalue weighted by atomic mass is 32.1. The predicted molar refractivity (Wildman–Crippen MR) is 91.3 cm³/mol. The molecule has 0 aliphatic heterocycles. The molecule has 0 unspecified atom stereocenters. The van der Waals surface area contributed by atoms with Crippen molar-refractivity contribution in [3.05, 3.63) is 71.8 Å². The van der Waals surface area contributed by atoms with E-state index in [9.17, 15) is 18.0 Å². The number of carbonyl (C=O) groups is 1. The van der Waals surface area contributed by atoms with E-state index in [4.69, 9.17) is 12.2 Å². The van der Waals surface area contributed by atoms with Crippen LogP contribution in [0.4, 0.5) is 18.9 Å². The largest absolute Gasteiger partial charge is 0.416 e. The van der Waals surface area contributed by atoms with Gasteiger partial charge >= 0.3 is 6.18 Å². The number of anilines is 1. The van der Waals surface area contributed by atoms with Crippen LogP contribution in [0.2, 0.25) is 0 Å². The van der Waals surface area contributed by atoms with Crippen molar-refractivity contribution in [1.82, 2.24) is 5.32 Å². The molecule has 2 rings (SSSR count). The minimum Gasteiger partial charge on any atom is -0.332 e. The smallest absolute Gasteiger partial charge is 0.332 e. The molecule has 0 aromatic heterocycles. The zero-order chi connectivity index (χ0) is 17.6. The topological polar surface area (TPSA) is 41.1 Å². The van der Waals surface area contributed by atoms with Gasteiger partial charge in [-0.3, -0.25) is 10.1 Å². The lowest BCUT2D eigenvalue weighted by atomic mass is 10.2. The maximum Gasteiger partial charge on any atom is 0.416 e. The van der Waals surface area contributed by atoms with Gasteiger partial charge in [-0.1, -0.05) is 30.3 Å². The molecule has 3 nitrogen and oxygen atoms in total. The summed E-state index contributed by atoms with van der Waals surface area (Å²) in [4.78, 5) is 11.7. The van der Waals surface area contributed by atoms with Crippen LogP contribution in [0.25, 0.3) is 6.08 Å². The number of thiocarbonyl (C=S) groups is 1. The first-order chi connectivity index (χ1) is 11.3. The van der Waals surface area contributed by atoms with Crippen LogP contribution in [0.1, 0.15) is 11.1 Å². The van der Waals surface area contributed by atoms with Crippen molar-refractivity contribution >= 4 is 35.0 Å². The van der Waals surface area contributed by atoms with E-state index in [1.165, 1.54) is 18.2 Å². The van der Waals surface area contributed by atoms with Crippen LogP contribution in [-0.4, -0.2) is 11.0 Å². The lowest BCUT2D eigenvalue weighted by Gasteiger charge is -2.10. The molecule has 0 radical (unpaired) electrons. The van der Waals surface area contributed by atoms with E-state index in [0.717, 1.165) is 17.7 Å². The Hall–Kier alpha value is -2.67. The summed E-state index contributed by atoms with van der Waals surface area (Å²) in [5.74, 6) is -0.441. The number of carbonyl (C=O) groups excluding carboxylic acids is 1. The lowest BCUT2D eigenvalue weighted by molar-refractivity contribution is -0.137. The summed E-state index contributed by atoms with van der Waals surface area (Å²) in [6.07, 6.45) is -1.46. The van der Waals surface area contributed by atoms with E-state index < -0.39 is 17.6 Å². The average Bonchev–Trinajstić information content (AvgIpc) is 2.53. The van der Waals surface area contributed by atoms with Gasteiger partial charge in [-0.25, -0.2) is 0 Å². The van der Waals surface area contributed by atoms with Crippen LogP contribution < -0.4 is 10.6 Å². The van der Waals surface area contributed by atoms with Crippen LogP contribution in [0, 0.1) is 0 Å². The number of alkyl halides is 3. The summed E-state index contributed by atoms with van der Waals surface area (Å²) in [7, 11) is 0. The van der Waals surface area contributed by atoms with Crippen molar-refractivity contribution in [2.24, 2.45) is 0 Å². The van der Waals surface area contributed by atoms with Gasteiger partial charge in [0.05, 0.1) is 5.56 Å². The fourth-order valence-electron chi connectivity index (χ4n) is 1.79. The van der Waals surface area contributed by atoms with Gasteiger partial charge in [0.15, 0.2) is 5.11 Å². The second kappa shape index (κ2) is 7.74. The number of hydrogen-bond donors (Lipinski definition) is 2. The van der Waals surface area contributed by atoms with Gasteiger partial charge in [0.1, 0.15) is 0 Å². The molecule has 0 saturated carbocycles. The Morgan fingerprint density at radius 2 is 1.62 bits per heavy atom. The number of halogens is 3. The van der Waals surface area contributed by atoms with Gasteiger partial charge in [-0.2, -0.15) is 13.2 Å². The number of hydrogen-bond acceptors (Lipinski definition) is 2. The van der Waals surface area contributed by atoms with Crippen molar-refractivity contribution in [2.75, 3.05) is 5.32 Å². The average molecular weight is 350 g/mol. The summed E-state index contributed by atoms with van der Waals surface area (Å²) >= 11 is 4.95. The molecule has 0 saturated heterocycles. The van der Waals surface area contributed by atoms with Crippen LogP contribution in [-0.2, 0) is 11.0 Å². The van der Waals surface area contributed by atoms with Crippen LogP contribution in [0.5, 0.6) is 0 Å². The zero-order valence-electron chi connectivity index (χ0n) is 12.3. The van der Waals surface area contributed by atoms with Gasteiger partial charge in [0, 0.05) is 11.8 Å². The Bertz CT molecular complexity index is 741. The van der Waals surface area contributed by atoms with Crippen LogP contribution >= 0.6 is 12.2 Å². The number of benzene rings is 2. The summed E-state index contributed by atoms with van der Waals surface area (Å²) in [5, 5.41) is 5.06. The standard InChI is InChI=1S/C17H13F3N2OS/c18-17(19,20)13-7-9-14(10-8-13)21-16(24)22-15(23)11-6-12-4-2-1-3-5-12/h1-11H,(H2,21,22,23,24). The fourth-order valence-corrected chi connectivity index (χ4v) is 2.01. The minimum atomic E-state index is -4.39. The Balaban J connectivity index is 1.88. The van der Waals surface area contributed by atoms with Gasteiger partial charge in [0.2, 0.25) is 5.91 Å². The molecule has 24 heavy (non-hydrogen) atoms. The van der Waals surface area contributed by atoms with E-state index in [0.29, 0.717) is 5.69 Å². The van der Waals surface area contributed by atoms with Gasteiger partial charge in [-0.05, 0) is 48.1 Å². The fraction of sp³-hybridized carbons (Fsp3) is 0.0588. The second-order valence-corrected chi connectivity index (χ2v) is 5.17. The van der Waals surface area contributed by atoms with Crippen molar-refractivity contribution in [3.63, 3.8) is 0 Å². The molecule has 2 N–H and O–H groups in total. The van der Waals surface area contributed by atoms with E-state index in [2.05, 4.69) is 10.6 Å². The molecule has 0 atom stereocenters. The Morgan fingerprint density at radius 1 is 1.00 bits per heavy atom. The maximum absolute atomic E-state index is 12.5. The van der Waals surface area contributed by atoms with Gasteiger partial charge in [-0.15, -0.1) is 0 Å². The lowest BCUT2D eigenvalue weighted by Crippen LogP contribution is -2.32. The third kappa shape index (κ3) is 5.51. The maximum atomic E-state index is 12.5.